The van der Waals surface area contributed by atoms with Crippen LogP contribution >= 0.6 is 0 Å². The summed E-state index contributed by atoms with van der Waals surface area (Å²) in [5, 5.41) is 3.08. The van der Waals surface area contributed by atoms with Crippen molar-refractivity contribution in [2.45, 2.75) is 6.04 Å². The van der Waals surface area contributed by atoms with Crippen LogP contribution in [0.3, 0.4) is 0 Å². The smallest absolute Gasteiger partial charge is 0.264 e. The quantitative estimate of drug-likeness (QED) is 0.582. The van der Waals surface area contributed by atoms with E-state index in [1.165, 1.54) is 0 Å². The molecule has 0 saturated carbocycles. The molecule has 0 aromatic heterocycles. The van der Waals surface area contributed by atoms with Gasteiger partial charge in [-0.1, -0.05) is 0 Å². The van der Waals surface area contributed by atoms with Crippen LogP contribution in [-0.2, 0) is 19.0 Å². The van der Waals surface area contributed by atoms with E-state index in [-0.39, 0.29) is 12.6 Å². The summed E-state index contributed by atoms with van der Waals surface area (Å²) in [7, 11) is -3.32. The topological polar surface area (TPSA) is 64.6 Å². The van der Waals surface area contributed by atoms with E-state index >= 15 is 0 Å². The number of nitrogens with one attached hydrogen (secondary N) is 1. The first-order valence-electron chi connectivity index (χ1n) is 3.73. The van der Waals surface area contributed by atoms with Crippen LogP contribution in [0.4, 0.5) is 0 Å². The van der Waals surface area contributed by atoms with Crippen molar-refractivity contribution in [3.05, 3.63) is 0 Å². The summed E-state index contributed by atoms with van der Waals surface area (Å²) in [4.78, 5) is 0. The van der Waals surface area contributed by atoms with Crippen LogP contribution < -0.4 is 5.32 Å². The van der Waals surface area contributed by atoms with Gasteiger partial charge in [-0.15, -0.1) is 0 Å². The molecule has 0 amide bonds. The highest BCUT2D eigenvalue weighted by Crippen LogP contribution is 1.96. The zero-order chi connectivity index (χ0) is 9.03. The molecule has 1 aliphatic rings. The minimum absolute atomic E-state index is 0.00604. The molecular weight excluding hydrogens is 182 g/mol. The van der Waals surface area contributed by atoms with Crippen molar-refractivity contribution in [2.24, 2.45) is 0 Å². The van der Waals surface area contributed by atoms with E-state index in [9.17, 15) is 8.42 Å². The predicted octanol–water partition coefficient (Wildman–Crippen LogP) is -1.05. The Labute approximate surface area is 72.2 Å². The summed E-state index contributed by atoms with van der Waals surface area (Å²) in [6.07, 6.45) is 1.04. The molecule has 0 aromatic carbocycles. The minimum Gasteiger partial charge on any atom is -0.378 e. The van der Waals surface area contributed by atoms with Crippen LogP contribution in [0.15, 0.2) is 0 Å². The normalized spacial score (nSPS) is 25.6. The Morgan fingerprint density at radius 3 is 2.92 bits per heavy atom. The second-order valence-corrected chi connectivity index (χ2v) is 4.36. The lowest BCUT2D eigenvalue weighted by Crippen LogP contribution is -2.44. The molecule has 1 heterocycles. The Kier molecular flexibility index (Phi) is 3.45. The molecule has 0 aromatic rings. The van der Waals surface area contributed by atoms with Crippen molar-refractivity contribution >= 4 is 10.1 Å². The summed E-state index contributed by atoms with van der Waals surface area (Å²) < 4.78 is 30.9. The molecule has 12 heavy (non-hydrogen) atoms. The number of hydrogen-bond donors (Lipinski definition) is 1. The third kappa shape index (κ3) is 4.01. The Morgan fingerprint density at radius 1 is 1.67 bits per heavy atom. The van der Waals surface area contributed by atoms with Gasteiger partial charge in [0.1, 0.15) is 0 Å². The Bertz CT molecular complexity index is 220. The molecule has 1 unspecified atom stereocenters. The van der Waals surface area contributed by atoms with Gasteiger partial charge in [0.25, 0.3) is 10.1 Å². The average Bonchev–Trinajstić information content (AvgIpc) is 2.02. The van der Waals surface area contributed by atoms with Crippen LogP contribution in [-0.4, -0.2) is 47.1 Å². The van der Waals surface area contributed by atoms with Gasteiger partial charge in [0.05, 0.1) is 32.1 Å². The Balaban J connectivity index is 2.22. The maximum absolute atomic E-state index is 10.6. The van der Waals surface area contributed by atoms with E-state index in [0.29, 0.717) is 13.2 Å². The first kappa shape index (κ1) is 9.91. The predicted molar refractivity (Wildman–Crippen MR) is 43.4 cm³/mol. The molecule has 5 nitrogen and oxygen atoms in total. The summed E-state index contributed by atoms with van der Waals surface area (Å²) in [6.45, 7) is 2.08. The van der Waals surface area contributed by atoms with E-state index in [0.717, 1.165) is 12.8 Å². The molecule has 1 saturated heterocycles. The van der Waals surface area contributed by atoms with Gasteiger partial charge < -0.3 is 10.1 Å². The molecule has 1 N–H and O–H groups in total. The number of hydrogen-bond acceptors (Lipinski definition) is 5. The van der Waals surface area contributed by atoms with Gasteiger partial charge in [0, 0.05) is 6.54 Å². The third-order valence-corrected chi connectivity index (χ3v) is 2.05. The highest BCUT2D eigenvalue weighted by Gasteiger charge is 2.15. The molecule has 1 atom stereocenters. The van der Waals surface area contributed by atoms with Crippen molar-refractivity contribution in [1.82, 2.24) is 5.32 Å². The van der Waals surface area contributed by atoms with E-state index in [1.807, 2.05) is 0 Å². The largest absolute Gasteiger partial charge is 0.378 e. The van der Waals surface area contributed by atoms with Crippen LogP contribution in [0.25, 0.3) is 0 Å². The Hall–Kier alpha value is -0.170. The van der Waals surface area contributed by atoms with E-state index < -0.39 is 10.1 Å². The fourth-order valence-electron chi connectivity index (χ4n) is 0.933. The zero-order valence-electron chi connectivity index (χ0n) is 6.95. The maximum Gasteiger partial charge on any atom is 0.264 e. The summed E-state index contributed by atoms with van der Waals surface area (Å²) in [5.41, 5.74) is 0. The number of morpholine rings is 1. The lowest BCUT2D eigenvalue weighted by Gasteiger charge is -2.22. The fourth-order valence-corrected chi connectivity index (χ4v) is 1.34. The summed E-state index contributed by atoms with van der Waals surface area (Å²) >= 11 is 0. The molecule has 1 fully saturated rings. The minimum atomic E-state index is -3.32. The molecule has 6 heteroatoms. The SMILES string of the molecule is CS(=O)(=O)OCC1COCCN1. The van der Waals surface area contributed by atoms with Gasteiger partial charge in [0.15, 0.2) is 0 Å². The zero-order valence-corrected chi connectivity index (χ0v) is 7.76. The van der Waals surface area contributed by atoms with Crippen molar-refractivity contribution in [2.75, 3.05) is 32.6 Å². The second kappa shape index (κ2) is 4.18. The highest BCUT2D eigenvalue weighted by atomic mass is 32.2. The fraction of sp³-hybridized carbons (Fsp3) is 1.00. The molecule has 0 aliphatic carbocycles. The number of ether oxygens (including phenoxy) is 1. The average molecular weight is 195 g/mol. The first-order valence-corrected chi connectivity index (χ1v) is 5.55. The van der Waals surface area contributed by atoms with E-state index in [2.05, 4.69) is 9.50 Å². The molecular formula is C6H13NO4S. The Morgan fingerprint density at radius 2 is 2.42 bits per heavy atom. The van der Waals surface area contributed by atoms with E-state index in [1.54, 1.807) is 0 Å². The molecule has 0 bridgehead atoms. The lowest BCUT2D eigenvalue weighted by atomic mass is 10.3. The standard InChI is InChI=1S/C6H13NO4S/c1-12(8,9)11-5-6-4-10-3-2-7-6/h6-7H,2-5H2,1H3. The van der Waals surface area contributed by atoms with Crippen LogP contribution in [0.5, 0.6) is 0 Å². The monoisotopic (exact) mass is 195 g/mol. The van der Waals surface area contributed by atoms with Gasteiger partial charge in [-0.25, -0.2) is 0 Å². The lowest BCUT2D eigenvalue weighted by molar-refractivity contribution is 0.0605. The van der Waals surface area contributed by atoms with E-state index in [4.69, 9.17) is 4.74 Å². The second-order valence-electron chi connectivity index (χ2n) is 2.71. The summed E-state index contributed by atoms with van der Waals surface area (Å²) in [6, 6.07) is -0.00604. The number of rotatable bonds is 3. The highest BCUT2D eigenvalue weighted by molar-refractivity contribution is 7.85. The maximum atomic E-state index is 10.6. The molecule has 1 rings (SSSR count). The van der Waals surface area contributed by atoms with Gasteiger partial charge >= 0.3 is 0 Å². The van der Waals surface area contributed by atoms with Gasteiger partial charge in [-0.05, 0) is 0 Å². The van der Waals surface area contributed by atoms with Crippen LogP contribution in [0.2, 0.25) is 0 Å². The summed E-state index contributed by atoms with van der Waals surface area (Å²) in [5.74, 6) is 0. The van der Waals surface area contributed by atoms with Gasteiger partial charge in [0.2, 0.25) is 0 Å². The van der Waals surface area contributed by atoms with Gasteiger partial charge in [-0.3, -0.25) is 4.18 Å². The molecule has 72 valence electrons. The van der Waals surface area contributed by atoms with Gasteiger partial charge in [-0.2, -0.15) is 8.42 Å². The van der Waals surface area contributed by atoms with Crippen molar-refractivity contribution in [1.29, 1.82) is 0 Å². The van der Waals surface area contributed by atoms with Crippen molar-refractivity contribution in [3.8, 4) is 0 Å². The molecule has 0 spiro atoms. The molecule has 1 aliphatic heterocycles. The first-order chi connectivity index (χ1) is 5.58. The van der Waals surface area contributed by atoms with Crippen LogP contribution in [0, 0.1) is 0 Å². The molecule has 0 radical (unpaired) electrons. The van der Waals surface area contributed by atoms with Crippen molar-refractivity contribution < 1.29 is 17.3 Å². The van der Waals surface area contributed by atoms with Crippen LogP contribution in [0.1, 0.15) is 0 Å². The van der Waals surface area contributed by atoms with Crippen molar-refractivity contribution in [3.63, 3.8) is 0 Å². The third-order valence-electron chi connectivity index (χ3n) is 1.48.